The van der Waals surface area contributed by atoms with Crippen LogP contribution in [0.1, 0.15) is 17.2 Å². The highest BCUT2D eigenvalue weighted by Crippen LogP contribution is 2.28. The smallest absolute Gasteiger partial charge is 0.271 e. The van der Waals surface area contributed by atoms with Gasteiger partial charge in [0.1, 0.15) is 11.6 Å². The van der Waals surface area contributed by atoms with Crippen molar-refractivity contribution in [3.05, 3.63) is 87.0 Å². The predicted octanol–water partition coefficient (Wildman–Crippen LogP) is 6.11. The summed E-state index contributed by atoms with van der Waals surface area (Å²) in [6.45, 7) is 1.87. The normalized spacial score (nSPS) is 11.7. The molecule has 138 valence electrons. The molecule has 7 heteroatoms. The number of aryl methyl sites for hydroxylation is 1. The molecule has 1 heterocycles. The van der Waals surface area contributed by atoms with Crippen LogP contribution in [0.3, 0.4) is 0 Å². The summed E-state index contributed by atoms with van der Waals surface area (Å²) in [6.07, 6.45) is 0.554. The number of anilines is 1. The molecule has 27 heavy (non-hydrogen) atoms. The number of nitrogens with one attached hydrogen (secondary N) is 1. The third kappa shape index (κ3) is 5.13. The highest BCUT2D eigenvalue weighted by Gasteiger charge is 2.23. The molecule has 3 aromatic rings. The second-order valence-corrected chi connectivity index (χ2v) is 7.09. The van der Waals surface area contributed by atoms with E-state index in [2.05, 4.69) is 10.3 Å². The lowest BCUT2D eigenvalue weighted by Crippen LogP contribution is -2.26. The average molecular weight is 422 g/mol. The van der Waals surface area contributed by atoms with Crippen molar-refractivity contribution in [3.8, 4) is 5.75 Å². The molecule has 0 saturated carbocycles. The number of amides is 1. The minimum absolute atomic E-state index is 0.374. The Morgan fingerprint density at radius 3 is 2.33 bits per heavy atom. The molecule has 1 aromatic heterocycles. The lowest BCUT2D eigenvalue weighted by Gasteiger charge is -2.19. The van der Waals surface area contributed by atoms with Gasteiger partial charge in [-0.05, 0) is 55.0 Å². The third-order valence-electron chi connectivity index (χ3n) is 3.77. The highest BCUT2D eigenvalue weighted by atomic mass is 35.5. The fourth-order valence-corrected chi connectivity index (χ4v) is 2.73. The van der Waals surface area contributed by atoms with E-state index in [0.717, 1.165) is 5.56 Å². The van der Waals surface area contributed by atoms with Crippen molar-refractivity contribution in [2.45, 2.75) is 13.0 Å². The summed E-state index contributed by atoms with van der Waals surface area (Å²) in [4.78, 5) is 17.0. The van der Waals surface area contributed by atoms with Crippen molar-refractivity contribution >= 4 is 46.5 Å². The Bertz CT molecular complexity index is 944. The first kappa shape index (κ1) is 19.5. The zero-order valence-electron chi connectivity index (χ0n) is 14.2. The quantitative estimate of drug-likeness (QED) is 0.541. The van der Waals surface area contributed by atoms with Crippen LogP contribution < -0.4 is 10.1 Å². The molecule has 1 amide bonds. The zero-order valence-corrected chi connectivity index (χ0v) is 16.5. The van der Waals surface area contributed by atoms with Crippen molar-refractivity contribution in [1.82, 2.24) is 4.98 Å². The number of hydrogen-bond donors (Lipinski definition) is 1. The van der Waals surface area contributed by atoms with Crippen molar-refractivity contribution < 1.29 is 9.53 Å². The van der Waals surface area contributed by atoms with Crippen LogP contribution in [0.25, 0.3) is 0 Å². The fraction of sp³-hybridized carbons (Fsp3) is 0.100. The number of carbonyl (C=O) groups excluding carboxylic acids is 1. The van der Waals surface area contributed by atoms with Gasteiger partial charge >= 0.3 is 0 Å². The molecule has 0 fully saturated rings. The summed E-state index contributed by atoms with van der Waals surface area (Å²) < 4.78 is 5.97. The van der Waals surface area contributed by atoms with E-state index in [-0.39, 0.29) is 5.91 Å². The second kappa shape index (κ2) is 8.61. The van der Waals surface area contributed by atoms with Crippen molar-refractivity contribution in [2.75, 3.05) is 5.32 Å². The molecule has 0 aliphatic heterocycles. The van der Waals surface area contributed by atoms with E-state index in [1.807, 2.05) is 6.92 Å². The van der Waals surface area contributed by atoms with Crippen molar-refractivity contribution in [2.24, 2.45) is 0 Å². The number of ether oxygens (including phenoxy) is 1. The van der Waals surface area contributed by atoms with Gasteiger partial charge in [-0.3, -0.25) is 4.79 Å². The summed E-state index contributed by atoms with van der Waals surface area (Å²) in [5, 5.41) is 4.41. The van der Waals surface area contributed by atoms with E-state index in [1.54, 1.807) is 54.6 Å². The molecular formula is C20H15Cl3N2O2. The zero-order chi connectivity index (χ0) is 19.4. The maximum Gasteiger partial charge on any atom is 0.271 e. The van der Waals surface area contributed by atoms with E-state index < -0.39 is 6.10 Å². The Balaban J connectivity index is 1.88. The average Bonchev–Trinajstić information content (AvgIpc) is 2.65. The summed E-state index contributed by atoms with van der Waals surface area (Å²) in [6, 6.07) is 15.4. The molecule has 0 bridgehead atoms. The molecule has 3 rings (SSSR count). The number of nitrogens with zero attached hydrogens (tertiary/aromatic N) is 1. The second-order valence-electron chi connectivity index (χ2n) is 5.81. The molecule has 0 saturated heterocycles. The van der Waals surface area contributed by atoms with Gasteiger partial charge in [-0.25, -0.2) is 4.98 Å². The Morgan fingerprint density at radius 2 is 1.70 bits per heavy atom. The first-order valence-corrected chi connectivity index (χ1v) is 9.16. The van der Waals surface area contributed by atoms with Crippen molar-refractivity contribution in [3.63, 3.8) is 0 Å². The standard InChI is InChI=1S/C20H15Cl3N2O2/c1-12-10-16(7-8-17(12)23)27-19(13-2-4-14(21)5-3-13)20(26)25-18-9-6-15(22)11-24-18/h2-11,19H,1H3,(H,24,25,26). The van der Waals surface area contributed by atoms with Gasteiger partial charge in [0.15, 0.2) is 0 Å². The van der Waals surface area contributed by atoms with Crippen LogP contribution in [0.5, 0.6) is 5.75 Å². The van der Waals surface area contributed by atoms with Crippen LogP contribution in [0.4, 0.5) is 5.82 Å². The molecule has 0 radical (unpaired) electrons. The highest BCUT2D eigenvalue weighted by molar-refractivity contribution is 6.31. The molecule has 1 N–H and O–H groups in total. The molecule has 4 nitrogen and oxygen atoms in total. The van der Waals surface area contributed by atoms with E-state index in [1.165, 1.54) is 6.20 Å². The van der Waals surface area contributed by atoms with Gasteiger partial charge in [-0.2, -0.15) is 0 Å². The van der Waals surface area contributed by atoms with Crippen LogP contribution >= 0.6 is 34.8 Å². The number of aromatic nitrogens is 1. The summed E-state index contributed by atoms with van der Waals surface area (Å²) >= 11 is 17.9. The van der Waals surface area contributed by atoms with Crippen LogP contribution in [-0.2, 0) is 4.79 Å². The van der Waals surface area contributed by atoms with Gasteiger partial charge in [0.25, 0.3) is 5.91 Å². The number of hydrogen-bond acceptors (Lipinski definition) is 3. The molecule has 0 aliphatic carbocycles. The molecule has 0 aliphatic rings. The third-order valence-corrected chi connectivity index (χ3v) is 4.67. The summed E-state index contributed by atoms with van der Waals surface area (Å²) in [5.74, 6) is 0.523. The number of halogens is 3. The largest absolute Gasteiger partial charge is 0.476 e. The fourth-order valence-electron chi connectivity index (χ4n) is 2.38. The maximum absolute atomic E-state index is 12.9. The Labute approximate surface area is 172 Å². The van der Waals surface area contributed by atoms with Gasteiger partial charge < -0.3 is 10.1 Å². The first-order chi connectivity index (χ1) is 12.9. The minimum Gasteiger partial charge on any atom is -0.476 e. The summed E-state index contributed by atoms with van der Waals surface area (Å²) in [7, 11) is 0. The lowest BCUT2D eigenvalue weighted by molar-refractivity contribution is -0.123. The predicted molar refractivity (Wildman–Crippen MR) is 109 cm³/mol. The monoisotopic (exact) mass is 420 g/mol. The van der Waals surface area contributed by atoms with Crippen LogP contribution in [-0.4, -0.2) is 10.9 Å². The molecule has 0 spiro atoms. The number of benzene rings is 2. The van der Waals surface area contributed by atoms with Gasteiger partial charge in [0.2, 0.25) is 6.10 Å². The van der Waals surface area contributed by atoms with E-state index in [4.69, 9.17) is 39.5 Å². The number of carbonyl (C=O) groups is 1. The molecule has 2 aromatic carbocycles. The Morgan fingerprint density at radius 1 is 1.00 bits per heavy atom. The van der Waals surface area contributed by atoms with E-state index in [0.29, 0.717) is 32.2 Å². The van der Waals surface area contributed by atoms with Gasteiger partial charge in [0, 0.05) is 21.8 Å². The Hall–Kier alpha value is -2.27. The first-order valence-electron chi connectivity index (χ1n) is 8.03. The van der Waals surface area contributed by atoms with Gasteiger partial charge in [-0.1, -0.05) is 46.9 Å². The minimum atomic E-state index is -0.902. The maximum atomic E-state index is 12.9. The van der Waals surface area contributed by atoms with Crippen molar-refractivity contribution in [1.29, 1.82) is 0 Å². The van der Waals surface area contributed by atoms with Crippen LogP contribution in [0, 0.1) is 6.92 Å². The van der Waals surface area contributed by atoms with E-state index >= 15 is 0 Å². The number of pyridine rings is 1. The number of rotatable bonds is 5. The lowest BCUT2D eigenvalue weighted by atomic mass is 10.1. The molecule has 1 atom stereocenters. The van der Waals surface area contributed by atoms with Crippen LogP contribution in [0.2, 0.25) is 15.1 Å². The van der Waals surface area contributed by atoms with Crippen LogP contribution in [0.15, 0.2) is 60.8 Å². The summed E-state index contributed by atoms with van der Waals surface area (Å²) in [5.41, 5.74) is 1.50. The van der Waals surface area contributed by atoms with Gasteiger partial charge in [-0.15, -0.1) is 0 Å². The topological polar surface area (TPSA) is 51.2 Å². The van der Waals surface area contributed by atoms with Gasteiger partial charge in [0.05, 0.1) is 5.02 Å². The van der Waals surface area contributed by atoms with E-state index in [9.17, 15) is 4.79 Å². The SMILES string of the molecule is Cc1cc(OC(C(=O)Nc2ccc(Cl)cn2)c2ccc(Cl)cc2)ccc1Cl. The molecule has 1 unspecified atom stereocenters. The Kier molecular flexibility index (Phi) is 6.22. The molecular weight excluding hydrogens is 407 g/mol.